The van der Waals surface area contributed by atoms with Gasteiger partial charge in [0.2, 0.25) is 0 Å². The zero-order chi connectivity index (χ0) is 37.2. The maximum Gasteiger partial charge on any atom is 0.472 e. The maximum absolute atomic E-state index is 12.6. The molecule has 0 aromatic rings. The zero-order valence-corrected chi connectivity index (χ0v) is 33.8. The maximum atomic E-state index is 12.6. The van der Waals surface area contributed by atoms with Gasteiger partial charge in [0.1, 0.15) is 19.8 Å². The van der Waals surface area contributed by atoms with Crippen molar-refractivity contribution in [2.75, 3.05) is 47.5 Å². The second kappa shape index (κ2) is 33.3. The van der Waals surface area contributed by atoms with E-state index in [4.69, 9.17) is 18.5 Å². The van der Waals surface area contributed by atoms with Crippen molar-refractivity contribution in [1.29, 1.82) is 0 Å². The molecular formula is C40H77NO8P+. The number of likely N-dealkylation sites (N-methyl/N-ethyl adjacent to an activating group) is 1. The Labute approximate surface area is 307 Å². The normalized spacial score (nSPS) is 14.0. The van der Waals surface area contributed by atoms with Gasteiger partial charge >= 0.3 is 19.8 Å². The SMILES string of the molecule is CCCCC/C=C/CCCCCCCC(=O)O[C@H](COC(=O)CCCCCCC/C=C/CCCCCCC)COP(=O)(O)OCC[N+](C)(C)C. The number of unbranched alkanes of at least 4 members (excludes halogenated alkanes) is 18. The number of phosphoric ester groups is 1. The predicted octanol–water partition coefficient (Wildman–Crippen LogP) is 10.8. The van der Waals surface area contributed by atoms with E-state index in [0.29, 0.717) is 17.4 Å². The number of rotatable bonds is 36. The van der Waals surface area contributed by atoms with Crippen LogP contribution in [0, 0.1) is 0 Å². The van der Waals surface area contributed by atoms with Crippen molar-refractivity contribution >= 4 is 19.8 Å². The second-order valence-electron chi connectivity index (χ2n) is 14.7. The van der Waals surface area contributed by atoms with E-state index in [1.165, 1.54) is 64.2 Å². The van der Waals surface area contributed by atoms with Crippen LogP contribution in [0.4, 0.5) is 0 Å². The molecular weight excluding hydrogens is 653 g/mol. The molecule has 294 valence electrons. The lowest BCUT2D eigenvalue weighted by Crippen LogP contribution is -2.37. The number of carbonyl (C=O) groups excluding carboxylic acids is 2. The first-order chi connectivity index (χ1) is 24.0. The third kappa shape index (κ3) is 36.3. The van der Waals surface area contributed by atoms with Crippen LogP contribution >= 0.6 is 7.82 Å². The van der Waals surface area contributed by atoms with Crippen LogP contribution in [0.1, 0.15) is 168 Å². The average molecular weight is 731 g/mol. The smallest absolute Gasteiger partial charge is 0.462 e. The topological polar surface area (TPSA) is 108 Å². The number of allylic oxidation sites excluding steroid dienone is 4. The van der Waals surface area contributed by atoms with Crippen LogP contribution in [0.5, 0.6) is 0 Å². The molecule has 0 heterocycles. The molecule has 0 aromatic carbocycles. The molecule has 0 aliphatic heterocycles. The minimum Gasteiger partial charge on any atom is -0.462 e. The van der Waals surface area contributed by atoms with Crippen molar-refractivity contribution in [2.45, 2.75) is 174 Å². The molecule has 0 amide bonds. The molecule has 0 bridgehead atoms. The van der Waals surface area contributed by atoms with Crippen LogP contribution in [0.2, 0.25) is 0 Å². The van der Waals surface area contributed by atoms with Gasteiger partial charge in [0.25, 0.3) is 0 Å². The Bertz CT molecular complexity index is 918. The molecule has 0 saturated heterocycles. The Morgan fingerprint density at radius 1 is 0.600 bits per heavy atom. The van der Waals surface area contributed by atoms with Gasteiger partial charge in [0.05, 0.1) is 27.7 Å². The predicted molar refractivity (Wildman–Crippen MR) is 206 cm³/mol. The van der Waals surface area contributed by atoms with Gasteiger partial charge in [-0.2, -0.15) is 0 Å². The fourth-order valence-corrected chi connectivity index (χ4v) is 5.98. The van der Waals surface area contributed by atoms with E-state index in [-0.39, 0.29) is 32.0 Å². The Hall–Kier alpha value is -1.51. The highest BCUT2D eigenvalue weighted by Gasteiger charge is 2.27. The van der Waals surface area contributed by atoms with Crippen LogP contribution in [0.3, 0.4) is 0 Å². The summed E-state index contributed by atoms with van der Waals surface area (Å²) in [5.41, 5.74) is 0. The van der Waals surface area contributed by atoms with Crippen molar-refractivity contribution in [3.05, 3.63) is 24.3 Å². The highest BCUT2D eigenvalue weighted by atomic mass is 31.2. The Balaban J connectivity index is 4.43. The van der Waals surface area contributed by atoms with Crippen LogP contribution in [0.15, 0.2) is 24.3 Å². The summed E-state index contributed by atoms with van der Waals surface area (Å²) in [7, 11) is 1.47. The van der Waals surface area contributed by atoms with E-state index in [1.54, 1.807) is 0 Å². The first-order valence-electron chi connectivity index (χ1n) is 20.1. The highest BCUT2D eigenvalue weighted by Crippen LogP contribution is 2.43. The summed E-state index contributed by atoms with van der Waals surface area (Å²) in [5, 5.41) is 0. The van der Waals surface area contributed by atoms with Crippen molar-refractivity contribution in [1.82, 2.24) is 0 Å². The summed E-state index contributed by atoms with van der Waals surface area (Å²) >= 11 is 0. The molecule has 50 heavy (non-hydrogen) atoms. The molecule has 0 aliphatic carbocycles. The van der Waals surface area contributed by atoms with E-state index in [9.17, 15) is 19.0 Å². The molecule has 2 atom stereocenters. The summed E-state index contributed by atoms with van der Waals surface area (Å²) in [4.78, 5) is 35.2. The van der Waals surface area contributed by atoms with Crippen LogP contribution < -0.4 is 0 Å². The average Bonchev–Trinajstić information content (AvgIpc) is 3.06. The molecule has 1 unspecified atom stereocenters. The van der Waals surface area contributed by atoms with Gasteiger partial charge in [0, 0.05) is 12.8 Å². The van der Waals surface area contributed by atoms with Crippen molar-refractivity contribution in [3.63, 3.8) is 0 Å². The summed E-state index contributed by atoms with van der Waals surface area (Å²) in [6.07, 6.45) is 33.6. The third-order valence-electron chi connectivity index (χ3n) is 8.45. The number of hydrogen-bond acceptors (Lipinski definition) is 7. The number of carbonyl (C=O) groups is 2. The van der Waals surface area contributed by atoms with Gasteiger partial charge in [-0.25, -0.2) is 4.57 Å². The van der Waals surface area contributed by atoms with E-state index in [2.05, 4.69) is 38.2 Å². The van der Waals surface area contributed by atoms with Gasteiger partial charge in [0.15, 0.2) is 6.10 Å². The standard InChI is InChI=1S/C40H76NO8P/c1-6-8-10-12-14-16-18-20-21-23-24-26-28-30-32-39(42)46-36-38(37-48-50(44,45)47-35-34-41(3,4)5)49-40(43)33-31-29-27-25-22-19-17-15-13-11-9-7-2/h15,17-18,20,38H,6-14,16,19,21-37H2,1-5H3/p+1/b17-15+,20-18+/t38-/m1/s1. The third-order valence-corrected chi connectivity index (χ3v) is 9.44. The lowest BCUT2D eigenvalue weighted by atomic mass is 10.1. The van der Waals surface area contributed by atoms with Gasteiger partial charge < -0.3 is 18.9 Å². The number of nitrogens with zero attached hydrogens (tertiary/aromatic N) is 1. The van der Waals surface area contributed by atoms with Gasteiger partial charge in [-0.1, -0.05) is 115 Å². The van der Waals surface area contributed by atoms with Crippen molar-refractivity contribution in [2.24, 2.45) is 0 Å². The Morgan fingerprint density at radius 3 is 1.52 bits per heavy atom. The van der Waals surface area contributed by atoms with E-state index in [0.717, 1.165) is 70.6 Å². The van der Waals surface area contributed by atoms with Gasteiger partial charge in [-0.15, -0.1) is 0 Å². The zero-order valence-electron chi connectivity index (χ0n) is 32.9. The molecule has 0 aromatic heterocycles. The van der Waals surface area contributed by atoms with Gasteiger partial charge in [-0.05, 0) is 64.2 Å². The minimum absolute atomic E-state index is 0.0296. The quantitative estimate of drug-likeness (QED) is 0.0223. The monoisotopic (exact) mass is 731 g/mol. The summed E-state index contributed by atoms with van der Waals surface area (Å²) in [6, 6.07) is 0. The fraction of sp³-hybridized carbons (Fsp3) is 0.850. The Kier molecular flexibility index (Phi) is 32.3. The van der Waals surface area contributed by atoms with Crippen molar-refractivity contribution < 1.29 is 42.1 Å². The molecule has 10 heteroatoms. The number of quaternary nitrogens is 1. The van der Waals surface area contributed by atoms with Crippen LogP contribution in [-0.4, -0.2) is 74.9 Å². The Morgan fingerprint density at radius 2 is 1.02 bits per heavy atom. The fourth-order valence-electron chi connectivity index (χ4n) is 5.24. The number of phosphoric acid groups is 1. The summed E-state index contributed by atoms with van der Waals surface area (Å²) in [5.74, 6) is -0.819. The molecule has 1 N–H and O–H groups in total. The lowest BCUT2D eigenvalue weighted by molar-refractivity contribution is -0.870. The minimum atomic E-state index is -4.37. The molecule has 0 fully saturated rings. The number of hydrogen-bond donors (Lipinski definition) is 1. The lowest BCUT2D eigenvalue weighted by Gasteiger charge is -2.24. The highest BCUT2D eigenvalue weighted by molar-refractivity contribution is 7.47. The molecule has 0 spiro atoms. The van der Waals surface area contributed by atoms with Gasteiger partial charge in [-0.3, -0.25) is 18.6 Å². The second-order valence-corrected chi connectivity index (χ2v) is 16.1. The first-order valence-corrected chi connectivity index (χ1v) is 21.6. The summed E-state index contributed by atoms with van der Waals surface area (Å²) < 4.78 is 34.2. The van der Waals surface area contributed by atoms with Crippen molar-refractivity contribution in [3.8, 4) is 0 Å². The van der Waals surface area contributed by atoms with E-state index in [1.807, 2.05) is 21.1 Å². The van der Waals surface area contributed by atoms with Crippen LogP contribution in [-0.2, 0) is 32.7 Å². The van der Waals surface area contributed by atoms with E-state index >= 15 is 0 Å². The molecule has 0 aliphatic rings. The number of esters is 2. The van der Waals surface area contributed by atoms with Crippen LogP contribution in [0.25, 0.3) is 0 Å². The largest absolute Gasteiger partial charge is 0.472 e. The first kappa shape index (κ1) is 48.5. The number of ether oxygens (including phenoxy) is 2. The molecule has 0 rings (SSSR count). The summed E-state index contributed by atoms with van der Waals surface area (Å²) in [6.45, 7) is 4.36. The molecule has 0 saturated carbocycles. The molecule has 0 radical (unpaired) electrons. The van der Waals surface area contributed by atoms with E-state index < -0.39 is 26.5 Å². The molecule has 9 nitrogen and oxygen atoms in total.